The lowest BCUT2D eigenvalue weighted by molar-refractivity contribution is -0.128. The van der Waals surface area contributed by atoms with Gasteiger partial charge in [0, 0.05) is 42.9 Å². The van der Waals surface area contributed by atoms with Gasteiger partial charge in [-0.05, 0) is 54.7 Å². The molecule has 2 atom stereocenters. The number of ether oxygens (including phenoxy) is 4. The van der Waals surface area contributed by atoms with E-state index in [0.29, 0.717) is 32.3 Å². The Kier molecular flexibility index (Phi) is 9.37. The summed E-state index contributed by atoms with van der Waals surface area (Å²) in [6.45, 7) is 9.81. The number of benzene rings is 2. The summed E-state index contributed by atoms with van der Waals surface area (Å²) in [5, 5.41) is 4.34. The fourth-order valence-corrected chi connectivity index (χ4v) is 5.29. The first-order valence-corrected chi connectivity index (χ1v) is 13.2. The van der Waals surface area contributed by atoms with Crippen molar-refractivity contribution in [3.8, 4) is 22.6 Å². The van der Waals surface area contributed by atoms with Crippen LogP contribution in [0.2, 0.25) is 0 Å². The van der Waals surface area contributed by atoms with Crippen LogP contribution in [0.15, 0.2) is 43.1 Å². The number of fused-ring (bicyclic) bond motifs is 1. The molecule has 0 bridgehead atoms. The van der Waals surface area contributed by atoms with Gasteiger partial charge in [0.2, 0.25) is 11.9 Å². The van der Waals surface area contributed by atoms with Gasteiger partial charge in [-0.15, -0.1) is 0 Å². The fraction of sp³-hybridized carbons (Fsp3) is 0.433. The number of aromatic nitrogens is 2. The molecule has 2 unspecified atom stereocenters. The lowest BCUT2D eigenvalue weighted by atomic mass is 9.91. The van der Waals surface area contributed by atoms with Gasteiger partial charge in [0.15, 0.2) is 0 Å². The smallest absolute Gasteiger partial charge is 0.246 e. The van der Waals surface area contributed by atoms with Crippen LogP contribution in [0.1, 0.15) is 24.5 Å². The topological polar surface area (TPSA) is 95.0 Å². The van der Waals surface area contributed by atoms with Crippen LogP contribution < -0.4 is 14.8 Å². The van der Waals surface area contributed by atoms with Gasteiger partial charge in [-0.25, -0.2) is 9.97 Å². The minimum Gasteiger partial charge on any atom is -0.496 e. The summed E-state index contributed by atoms with van der Waals surface area (Å²) in [5.41, 5.74) is 5.20. The maximum Gasteiger partial charge on any atom is 0.246 e. The molecule has 208 valence electrons. The molecule has 2 heterocycles. The third-order valence-corrected chi connectivity index (χ3v) is 7.22. The van der Waals surface area contributed by atoms with Crippen LogP contribution in [0, 0.1) is 6.92 Å². The Balaban J connectivity index is 1.56. The Morgan fingerprint density at radius 1 is 1.18 bits per heavy atom. The van der Waals surface area contributed by atoms with E-state index >= 15 is 0 Å². The predicted octanol–water partition coefficient (Wildman–Crippen LogP) is 4.42. The van der Waals surface area contributed by atoms with Crippen molar-refractivity contribution in [2.24, 2.45) is 0 Å². The van der Waals surface area contributed by atoms with Crippen LogP contribution in [0.5, 0.6) is 11.5 Å². The van der Waals surface area contributed by atoms with Crippen LogP contribution in [0.25, 0.3) is 22.0 Å². The molecule has 1 fully saturated rings. The molecule has 2 aromatic carbocycles. The highest BCUT2D eigenvalue weighted by atomic mass is 16.5. The van der Waals surface area contributed by atoms with E-state index in [1.807, 2.05) is 18.3 Å². The molecule has 1 N–H and O–H groups in total. The maximum atomic E-state index is 12.4. The lowest BCUT2D eigenvalue weighted by Crippen LogP contribution is -2.38. The SMILES string of the molecule is C=CC(=O)N1CC(Nc2ncc3cc(-c4c(C)c(OC)cc(OC)c4CC)ccc3n2)CC1COCCOC. The summed E-state index contributed by atoms with van der Waals surface area (Å²) in [4.78, 5) is 23.6. The van der Waals surface area contributed by atoms with Gasteiger partial charge in [0.05, 0.1) is 45.6 Å². The summed E-state index contributed by atoms with van der Waals surface area (Å²) in [5.74, 6) is 2.02. The van der Waals surface area contributed by atoms with Crippen molar-refractivity contribution in [2.75, 3.05) is 53.0 Å². The first-order valence-electron chi connectivity index (χ1n) is 13.2. The molecule has 1 saturated heterocycles. The number of carbonyl (C=O) groups excluding carboxylic acids is 1. The van der Waals surface area contributed by atoms with Crippen molar-refractivity contribution >= 4 is 22.8 Å². The normalized spacial score (nSPS) is 16.9. The van der Waals surface area contributed by atoms with Gasteiger partial charge in [0.25, 0.3) is 0 Å². The first-order chi connectivity index (χ1) is 18.9. The Bertz CT molecular complexity index is 1330. The molecule has 0 spiro atoms. The molecule has 1 aliphatic rings. The van der Waals surface area contributed by atoms with E-state index in [9.17, 15) is 4.79 Å². The Hall–Kier alpha value is -3.69. The van der Waals surface area contributed by atoms with Crippen LogP contribution in [0.3, 0.4) is 0 Å². The number of amides is 1. The highest BCUT2D eigenvalue weighted by molar-refractivity contribution is 5.88. The summed E-state index contributed by atoms with van der Waals surface area (Å²) in [7, 11) is 4.99. The molecule has 9 heteroatoms. The van der Waals surface area contributed by atoms with E-state index in [-0.39, 0.29) is 18.0 Å². The van der Waals surface area contributed by atoms with E-state index in [2.05, 4.69) is 42.9 Å². The van der Waals surface area contributed by atoms with Gasteiger partial charge >= 0.3 is 0 Å². The summed E-state index contributed by atoms with van der Waals surface area (Å²) in [6, 6.07) is 8.09. The monoisotopic (exact) mass is 534 g/mol. The molecule has 0 aliphatic carbocycles. The second-order valence-corrected chi connectivity index (χ2v) is 9.57. The quantitative estimate of drug-likeness (QED) is 0.270. The van der Waals surface area contributed by atoms with Crippen molar-refractivity contribution < 1.29 is 23.7 Å². The van der Waals surface area contributed by atoms with Crippen LogP contribution >= 0.6 is 0 Å². The third-order valence-electron chi connectivity index (χ3n) is 7.22. The molecular weight excluding hydrogens is 496 g/mol. The average molecular weight is 535 g/mol. The zero-order valence-electron chi connectivity index (χ0n) is 23.5. The lowest BCUT2D eigenvalue weighted by Gasteiger charge is -2.22. The highest BCUT2D eigenvalue weighted by Gasteiger charge is 2.34. The molecule has 4 rings (SSSR count). The van der Waals surface area contributed by atoms with Gasteiger partial charge < -0.3 is 29.2 Å². The standard InChI is InChI=1S/C30H38N4O5/c1-7-24-27(38-6)15-26(37-5)19(3)29(24)20-9-10-25-21(13-20)16-31-30(33-25)32-22-14-23(18-39-12-11-36-4)34(17-22)28(35)8-2/h8-10,13,15-16,22-23H,2,7,11-12,14,17-18H2,1,3-6H3,(H,31,32,33). The highest BCUT2D eigenvalue weighted by Crippen LogP contribution is 2.40. The number of anilines is 1. The molecule has 3 aromatic rings. The molecular formula is C30H38N4O5. The molecule has 1 aromatic heterocycles. The Morgan fingerprint density at radius 3 is 2.67 bits per heavy atom. The number of methoxy groups -OCH3 is 3. The van der Waals surface area contributed by atoms with Crippen molar-refractivity contribution in [3.63, 3.8) is 0 Å². The van der Waals surface area contributed by atoms with Crippen LogP contribution in [-0.4, -0.2) is 80.6 Å². The number of likely N-dealkylation sites (tertiary alicyclic amines) is 1. The Morgan fingerprint density at radius 2 is 1.97 bits per heavy atom. The number of nitrogens with zero attached hydrogens (tertiary/aromatic N) is 3. The number of carbonyl (C=O) groups is 1. The number of hydrogen-bond acceptors (Lipinski definition) is 8. The molecule has 0 radical (unpaired) electrons. The average Bonchev–Trinajstić information content (AvgIpc) is 3.36. The van der Waals surface area contributed by atoms with Crippen LogP contribution in [0.4, 0.5) is 5.95 Å². The maximum absolute atomic E-state index is 12.4. The molecule has 0 saturated carbocycles. The van der Waals surface area contributed by atoms with E-state index in [4.69, 9.17) is 23.9 Å². The summed E-state index contributed by atoms with van der Waals surface area (Å²) >= 11 is 0. The summed E-state index contributed by atoms with van der Waals surface area (Å²) < 4.78 is 22.1. The van der Waals surface area contributed by atoms with E-state index in [1.165, 1.54) is 6.08 Å². The van der Waals surface area contributed by atoms with E-state index in [1.54, 1.807) is 26.2 Å². The number of rotatable bonds is 12. The van der Waals surface area contributed by atoms with Gasteiger partial charge in [-0.3, -0.25) is 4.79 Å². The number of nitrogens with one attached hydrogen (secondary N) is 1. The second-order valence-electron chi connectivity index (χ2n) is 9.57. The van der Waals surface area contributed by atoms with Gasteiger partial charge in [0.1, 0.15) is 11.5 Å². The minimum atomic E-state index is -0.109. The fourth-order valence-electron chi connectivity index (χ4n) is 5.29. The van der Waals surface area contributed by atoms with Crippen molar-refractivity contribution in [1.29, 1.82) is 0 Å². The molecule has 39 heavy (non-hydrogen) atoms. The zero-order valence-corrected chi connectivity index (χ0v) is 23.5. The zero-order chi connectivity index (χ0) is 27.9. The molecule has 1 amide bonds. The second kappa shape index (κ2) is 12.9. The van der Waals surface area contributed by atoms with E-state index in [0.717, 1.165) is 57.5 Å². The first kappa shape index (κ1) is 28.3. The van der Waals surface area contributed by atoms with Crippen molar-refractivity contribution in [3.05, 3.63) is 54.2 Å². The van der Waals surface area contributed by atoms with E-state index < -0.39 is 0 Å². The largest absolute Gasteiger partial charge is 0.496 e. The van der Waals surface area contributed by atoms with Crippen molar-refractivity contribution in [2.45, 2.75) is 38.8 Å². The molecule has 9 nitrogen and oxygen atoms in total. The Labute approximate surface area is 230 Å². The van der Waals surface area contributed by atoms with Crippen molar-refractivity contribution in [1.82, 2.24) is 14.9 Å². The van der Waals surface area contributed by atoms with Gasteiger partial charge in [-0.1, -0.05) is 19.6 Å². The van der Waals surface area contributed by atoms with Crippen LogP contribution in [-0.2, 0) is 20.7 Å². The summed E-state index contributed by atoms with van der Waals surface area (Å²) in [6.07, 6.45) is 4.73. The molecule has 1 aliphatic heterocycles. The predicted molar refractivity (Wildman–Crippen MR) is 153 cm³/mol. The number of hydrogen-bond donors (Lipinski definition) is 1. The minimum absolute atomic E-state index is 0.000610. The third kappa shape index (κ3) is 6.15. The van der Waals surface area contributed by atoms with Gasteiger partial charge in [-0.2, -0.15) is 0 Å².